The van der Waals surface area contributed by atoms with E-state index in [0.717, 1.165) is 41.4 Å². The van der Waals surface area contributed by atoms with Gasteiger partial charge in [-0.15, -0.1) is 0 Å². The zero-order valence-corrected chi connectivity index (χ0v) is 10.2. The van der Waals surface area contributed by atoms with Crippen molar-refractivity contribution >= 4 is 22.4 Å². The molecule has 0 saturated heterocycles. The summed E-state index contributed by atoms with van der Waals surface area (Å²) in [6.45, 7) is 1.43. The lowest BCUT2D eigenvalue weighted by Gasteiger charge is -2.17. The van der Waals surface area contributed by atoms with Crippen LogP contribution < -0.4 is 10.6 Å². The van der Waals surface area contributed by atoms with Crippen molar-refractivity contribution in [3.05, 3.63) is 42.0 Å². The number of unbranched alkanes of at least 4 members (excludes halogenated alkanes) is 1. The Bertz CT molecular complexity index is 601. The molecule has 92 valence electrons. The second-order valence-corrected chi connectivity index (χ2v) is 4.63. The number of hydrogen-bond donors (Lipinski definition) is 1. The summed E-state index contributed by atoms with van der Waals surface area (Å²) in [6, 6.07) is 12.0. The smallest absolute Gasteiger partial charge is 0.258 e. The Hall–Kier alpha value is -1.87. The number of benzene rings is 2. The molecule has 0 unspecified atom stereocenters. The summed E-state index contributed by atoms with van der Waals surface area (Å²) in [5, 5.41) is 2.23. The third-order valence-corrected chi connectivity index (χ3v) is 3.48. The maximum atomic E-state index is 12.4. The summed E-state index contributed by atoms with van der Waals surface area (Å²) in [4.78, 5) is 14.2. The van der Waals surface area contributed by atoms with Crippen molar-refractivity contribution in [1.82, 2.24) is 0 Å². The number of carbonyl (C=O) groups excluding carboxylic acids is 1. The van der Waals surface area contributed by atoms with Gasteiger partial charge in [-0.1, -0.05) is 24.3 Å². The minimum Gasteiger partial charge on any atom is -0.330 e. The van der Waals surface area contributed by atoms with Crippen LogP contribution in [-0.2, 0) is 0 Å². The maximum Gasteiger partial charge on any atom is 0.258 e. The lowest BCUT2D eigenvalue weighted by molar-refractivity contribution is 0.0993. The van der Waals surface area contributed by atoms with Crippen LogP contribution >= 0.6 is 0 Å². The molecule has 3 heteroatoms. The van der Waals surface area contributed by atoms with E-state index >= 15 is 0 Å². The van der Waals surface area contributed by atoms with Gasteiger partial charge in [-0.2, -0.15) is 0 Å². The number of rotatable bonds is 4. The third kappa shape index (κ3) is 1.59. The molecule has 0 aliphatic carbocycles. The Morgan fingerprint density at radius 3 is 2.61 bits per heavy atom. The second-order valence-electron chi connectivity index (χ2n) is 4.63. The Morgan fingerprint density at radius 2 is 1.83 bits per heavy atom. The molecule has 3 nitrogen and oxygen atoms in total. The van der Waals surface area contributed by atoms with Gasteiger partial charge in [0.25, 0.3) is 5.91 Å². The monoisotopic (exact) mass is 240 g/mol. The van der Waals surface area contributed by atoms with E-state index in [1.807, 2.05) is 29.2 Å². The molecule has 0 aromatic heterocycles. The van der Waals surface area contributed by atoms with Gasteiger partial charge >= 0.3 is 0 Å². The standard InChI is InChI=1S/C15H16N2O/c16-9-1-2-10-17-13-8-4-6-11-5-3-7-12(14(11)13)15(17)18/h3-8H,1-2,9-10,16H2. The second kappa shape index (κ2) is 4.42. The van der Waals surface area contributed by atoms with Crippen LogP contribution in [0.3, 0.4) is 0 Å². The van der Waals surface area contributed by atoms with Crippen LogP contribution in [0.5, 0.6) is 0 Å². The molecule has 2 N–H and O–H groups in total. The Labute approximate surface area is 106 Å². The Morgan fingerprint density at radius 1 is 1.06 bits per heavy atom. The van der Waals surface area contributed by atoms with Crippen molar-refractivity contribution in [3.63, 3.8) is 0 Å². The molecule has 1 amide bonds. The quantitative estimate of drug-likeness (QED) is 0.835. The van der Waals surface area contributed by atoms with Crippen LogP contribution in [-0.4, -0.2) is 19.0 Å². The molecular weight excluding hydrogens is 224 g/mol. The van der Waals surface area contributed by atoms with Gasteiger partial charge in [-0.25, -0.2) is 0 Å². The minimum absolute atomic E-state index is 0.124. The largest absolute Gasteiger partial charge is 0.330 e. The maximum absolute atomic E-state index is 12.4. The van der Waals surface area contributed by atoms with E-state index in [2.05, 4.69) is 12.1 Å². The first-order valence-electron chi connectivity index (χ1n) is 6.36. The fourth-order valence-corrected chi connectivity index (χ4v) is 2.62. The average molecular weight is 240 g/mol. The van der Waals surface area contributed by atoms with Gasteiger partial charge in [0.05, 0.1) is 5.69 Å². The molecule has 0 bridgehead atoms. The number of nitrogens with zero attached hydrogens (tertiary/aromatic N) is 1. The first-order valence-corrected chi connectivity index (χ1v) is 6.36. The molecule has 0 radical (unpaired) electrons. The molecular formula is C15H16N2O. The first-order chi connectivity index (χ1) is 8.83. The molecule has 2 aromatic rings. The van der Waals surface area contributed by atoms with E-state index in [-0.39, 0.29) is 5.91 Å². The van der Waals surface area contributed by atoms with Crippen molar-refractivity contribution in [3.8, 4) is 0 Å². The topological polar surface area (TPSA) is 46.3 Å². The van der Waals surface area contributed by atoms with Crippen molar-refractivity contribution in [2.75, 3.05) is 18.0 Å². The minimum atomic E-state index is 0.124. The average Bonchev–Trinajstić information content (AvgIpc) is 2.67. The van der Waals surface area contributed by atoms with Gasteiger partial charge in [0, 0.05) is 17.5 Å². The van der Waals surface area contributed by atoms with E-state index in [9.17, 15) is 4.79 Å². The van der Waals surface area contributed by atoms with E-state index in [4.69, 9.17) is 5.73 Å². The lowest BCUT2D eigenvalue weighted by atomic mass is 10.1. The fraction of sp³-hybridized carbons (Fsp3) is 0.267. The van der Waals surface area contributed by atoms with Crippen LogP contribution in [0, 0.1) is 0 Å². The third-order valence-electron chi connectivity index (χ3n) is 3.48. The van der Waals surface area contributed by atoms with Crippen molar-refractivity contribution < 1.29 is 4.79 Å². The number of amides is 1. The van der Waals surface area contributed by atoms with Crippen molar-refractivity contribution in [2.24, 2.45) is 5.73 Å². The molecule has 0 saturated carbocycles. The number of nitrogens with two attached hydrogens (primary N) is 1. The Balaban J connectivity index is 2.03. The number of hydrogen-bond acceptors (Lipinski definition) is 2. The van der Waals surface area contributed by atoms with Gasteiger partial charge in [0.15, 0.2) is 0 Å². The summed E-state index contributed by atoms with van der Waals surface area (Å²) >= 11 is 0. The molecule has 1 heterocycles. The molecule has 18 heavy (non-hydrogen) atoms. The summed E-state index contributed by atoms with van der Waals surface area (Å²) in [5.41, 5.74) is 7.38. The van der Waals surface area contributed by atoms with Crippen LogP contribution in [0.2, 0.25) is 0 Å². The summed E-state index contributed by atoms with van der Waals surface area (Å²) in [5.74, 6) is 0.124. The predicted octanol–water partition coefficient (Wildman–Crippen LogP) is 2.54. The SMILES string of the molecule is NCCCCN1C(=O)c2cccc3cccc1c23. The van der Waals surface area contributed by atoms with Gasteiger partial charge in [0.2, 0.25) is 0 Å². The summed E-state index contributed by atoms with van der Waals surface area (Å²) < 4.78 is 0. The van der Waals surface area contributed by atoms with Gasteiger partial charge < -0.3 is 10.6 Å². The molecule has 2 aromatic carbocycles. The van der Waals surface area contributed by atoms with E-state index < -0.39 is 0 Å². The molecule has 1 aliphatic rings. The van der Waals surface area contributed by atoms with Gasteiger partial charge in [-0.05, 0) is 36.9 Å². The normalized spacial score (nSPS) is 13.6. The van der Waals surface area contributed by atoms with Crippen LogP contribution in [0.25, 0.3) is 10.8 Å². The van der Waals surface area contributed by atoms with E-state index in [1.165, 1.54) is 0 Å². The number of carbonyl (C=O) groups is 1. The van der Waals surface area contributed by atoms with Gasteiger partial charge in [-0.3, -0.25) is 4.79 Å². The number of anilines is 1. The van der Waals surface area contributed by atoms with Crippen molar-refractivity contribution in [1.29, 1.82) is 0 Å². The Kier molecular flexibility index (Phi) is 2.76. The highest BCUT2D eigenvalue weighted by atomic mass is 16.2. The highest BCUT2D eigenvalue weighted by Crippen LogP contribution is 2.37. The lowest BCUT2D eigenvalue weighted by Crippen LogP contribution is -2.28. The van der Waals surface area contributed by atoms with Crippen LogP contribution in [0.15, 0.2) is 36.4 Å². The molecule has 0 atom stereocenters. The van der Waals surface area contributed by atoms with Gasteiger partial charge in [0.1, 0.15) is 0 Å². The van der Waals surface area contributed by atoms with Crippen molar-refractivity contribution in [2.45, 2.75) is 12.8 Å². The zero-order valence-electron chi connectivity index (χ0n) is 10.2. The van der Waals surface area contributed by atoms with Crippen LogP contribution in [0.4, 0.5) is 5.69 Å². The highest BCUT2D eigenvalue weighted by molar-refractivity contribution is 6.24. The molecule has 0 fully saturated rings. The zero-order chi connectivity index (χ0) is 12.5. The summed E-state index contributed by atoms with van der Waals surface area (Å²) in [6.07, 6.45) is 1.91. The highest BCUT2D eigenvalue weighted by Gasteiger charge is 2.28. The van der Waals surface area contributed by atoms with E-state index in [1.54, 1.807) is 0 Å². The molecule has 1 aliphatic heterocycles. The molecule has 0 spiro atoms. The van der Waals surface area contributed by atoms with Crippen LogP contribution in [0.1, 0.15) is 23.2 Å². The van der Waals surface area contributed by atoms with E-state index in [0.29, 0.717) is 6.54 Å². The predicted molar refractivity (Wildman–Crippen MR) is 73.9 cm³/mol. The fourth-order valence-electron chi connectivity index (χ4n) is 2.62. The first kappa shape index (κ1) is 11.2. The summed E-state index contributed by atoms with van der Waals surface area (Å²) in [7, 11) is 0. The molecule has 3 rings (SSSR count).